The number of carbonyl (C=O) groups excluding carboxylic acids is 1. The Labute approximate surface area is 223 Å². The van der Waals surface area contributed by atoms with Gasteiger partial charge < -0.3 is 9.30 Å². The Hall–Kier alpha value is -3.42. The molecule has 0 aliphatic carbocycles. The summed E-state index contributed by atoms with van der Waals surface area (Å²) in [6, 6.07) is 15.0. The normalized spacial score (nSPS) is 15.9. The highest BCUT2D eigenvalue weighted by molar-refractivity contribution is 7.07. The van der Waals surface area contributed by atoms with Gasteiger partial charge in [-0.3, -0.25) is 9.36 Å². The van der Waals surface area contributed by atoms with Gasteiger partial charge in [0.25, 0.3) is 5.56 Å². The highest BCUT2D eigenvalue weighted by Crippen LogP contribution is 2.34. The van der Waals surface area contributed by atoms with Gasteiger partial charge in [0.1, 0.15) is 6.04 Å². The number of carbonyl (C=O) groups is 1. The average Bonchev–Trinajstić information content (AvgIpc) is 3.32. The first kappa shape index (κ1) is 25.2. The fourth-order valence-electron chi connectivity index (χ4n) is 5.18. The van der Waals surface area contributed by atoms with Crippen LogP contribution in [0.2, 0.25) is 5.02 Å². The second kappa shape index (κ2) is 9.80. The van der Waals surface area contributed by atoms with E-state index in [1.807, 2.05) is 36.4 Å². The van der Waals surface area contributed by atoms with E-state index in [0.717, 1.165) is 22.2 Å². The summed E-state index contributed by atoms with van der Waals surface area (Å²) in [5.41, 5.74) is 4.50. The van der Waals surface area contributed by atoms with Crippen LogP contribution >= 0.6 is 22.9 Å². The fourth-order valence-corrected chi connectivity index (χ4v) is 6.45. The summed E-state index contributed by atoms with van der Waals surface area (Å²) in [7, 11) is 0. The molecule has 0 bridgehead atoms. The van der Waals surface area contributed by atoms with Crippen molar-refractivity contribution in [2.45, 2.75) is 46.7 Å². The molecule has 1 aliphatic heterocycles. The molecule has 0 N–H and O–H groups in total. The molecule has 0 fully saturated rings. The first-order valence-electron chi connectivity index (χ1n) is 12.3. The summed E-state index contributed by atoms with van der Waals surface area (Å²) >= 11 is 7.91. The van der Waals surface area contributed by atoms with Crippen molar-refractivity contribution in [1.29, 1.82) is 0 Å². The molecule has 1 atom stereocenters. The third-order valence-corrected chi connectivity index (χ3v) is 8.04. The van der Waals surface area contributed by atoms with Gasteiger partial charge >= 0.3 is 5.97 Å². The molecule has 6 nitrogen and oxygen atoms in total. The van der Waals surface area contributed by atoms with Crippen LogP contribution in [0.3, 0.4) is 0 Å². The third-order valence-electron chi connectivity index (χ3n) is 6.71. The number of thiazole rings is 1. The lowest BCUT2D eigenvalue weighted by molar-refractivity contribution is -0.139. The molecule has 4 aromatic rings. The maximum absolute atomic E-state index is 14.0. The van der Waals surface area contributed by atoms with E-state index in [1.165, 1.54) is 11.3 Å². The molecule has 2 aromatic carbocycles. The second-order valence-electron chi connectivity index (χ2n) is 9.30. The molecule has 37 heavy (non-hydrogen) atoms. The predicted molar refractivity (Wildman–Crippen MR) is 149 cm³/mol. The monoisotopic (exact) mass is 533 g/mol. The minimum absolute atomic E-state index is 0.217. The van der Waals surface area contributed by atoms with Crippen molar-refractivity contribution in [2.75, 3.05) is 6.61 Å². The summed E-state index contributed by atoms with van der Waals surface area (Å²) in [6.07, 6.45) is 1.95. The zero-order valence-corrected chi connectivity index (χ0v) is 23.0. The van der Waals surface area contributed by atoms with Gasteiger partial charge in [0, 0.05) is 33.2 Å². The van der Waals surface area contributed by atoms with Crippen LogP contribution in [0.25, 0.3) is 17.0 Å². The number of hydrogen-bond donors (Lipinski definition) is 0. The van der Waals surface area contributed by atoms with Crippen LogP contribution in [-0.4, -0.2) is 21.7 Å². The van der Waals surface area contributed by atoms with Crippen molar-refractivity contribution in [3.05, 3.63) is 101 Å². The number of rotatable bonds is 5. The van der Waals surface area contributed by atoms with Crippen LogP contribution in [0.1, 0.15) is 56.6 Å². The SMILES string of the molecule is CCOC(=O)C1=C(C)N=c2s/c(=C\c3c(C)n(C(C)C)c4ccccc34)c(=O)n2[C@H]1c1ccccc1Cl. The molecular weight excluding hydrogens is 506 g/mol. The van der Waals surface area contributed by atoms with Gasteiger partial charge in [-0.15, -0.1) is 0 Å². The lowest BCUT2D eigenvalue weighted by Gasteiger charge is -2.25. The van der Waals surface area contributed by atoms with E-state index in [9.17, 15) is 9.59 Å². The number of benzene rings is 2. The van der Waals surface area contributed by atoms with Crippen LogP contribution in [0.4, 0.5) is 0 Å². The fraction of sp³-hybridized carbons (Fsp3) is 0.276. The minimum Gasteiger partial charge on any atom is -0.463 e. The number of aromatic nitrogens is 2. The smallest absolute Gasteiger partial charge is 0.338 e. The predicted octanol–water partition coefficient (Wildman–Crippen LogP) is 5.30. The van der Waals surface area contributed by atoms with Crippen molar-refractivity contribution in [3.63, 3.8) is 0 Å². The van der Waals surface area contributed by atoms with E-state index < -0.39 is 12.0 Å². The summed E-state index contributed by atoms with van der Waals surface area (Å²) in [5.74, 6) is -0.501. The number of para-hydroxylation sites is 1. The molecule has 5 rings (SSSR count). The van der Waals surface area contributed by atoms with Gasteiger partial charge in [-0.25, -0.2) is 9.79 Å². The van der Waals surface area contributed by atoms with E-state index in [1.54, 1.807) is 24.5 Å². The summed E-state index contributed by atoms with van der Waals surface area (Å²) in [4.78, 5) is 32.3. The van der Waals surface area contributed by atoms with Gasteiger partial charge in [-0.05, 0) is 58.4 Å². The van der Waals surface area contributed by atoms with Crippen LogP contribution in [-0.2, 0) is 9.53 Å². The summed E-state index contributed by atoms with van der Waals surface area (Å²) < 4.78 is 9.78. The molecule has 0 spiro atoms. The third kappa shape index (κ3) is 4.16. The molecule has 3 heterocycles. The van der Waals surface area contributed by atoms with Crippen LogP contribution in [0.5, 0.6) is 0 Å². The maximum atomic E-state index is 14.0. The maximum Gasteiger partial charge on any atom is 0.338 e. The van der Waals surface area contributed by atoms with Crippen molar-refractivity contribution in [3.8, 4) is 0 Å². The van der Waals surface area contributed by atoms with Crippen LogP contribution < -0.4 is 14.9 Å². The number of nitrogens with zero attached hydrogens (tertiary/aromatic N) is 3. The van der Waals surface area contributed by atoms with Gasteiger partial charge in [0.05, 0.1) is 22.4 Å². The molecule has 0 amide bonds. The van der Waals surface area contributed by atoms with Crippen molar-refractivity contribution in [1.82, 2.24) is 9.13 Å². The molecule has 2 aromatic heterocycles. The number of ether oxygens (including phenoxy) is 1. The lowest BCUT2D eigenvalue weighted by atomic mass is 9.96. The number of allylic oxidation sites excluding steroid dienone is 1. The second-order valence-corrected chi connectivity index (χ2v) is 10.7. The Kier molecular flexibility index (Phi) is 6.68. The van der Waals surface area contributed by atoms with Gasteiger partial charge in [-0.1, -0.05) is 59.3 Å². The molecular formula is C29H28ClN3O3S. The largest absolute Gasteiger partial charge is 0.463 e. The van der Waals surface area contributed by atoms with Crippen molar-refractivity contribution in [2.24, 2.45) is 4.99 Å². The van der Waals surface area contributed by atoms with E-state index in [2.05, 4.69) is 42.5 Å². The first-order valence-corrected chi connectivity index (χ1v) is 13.5. The number of hydrogen-bond acceptors (Lipinski definition) is 5. The average molecular weight is 534 g/mol. The van der Waals surface area contributed by atoms with Crippen LogP contribution in [0.15, 0.2) is 69.6 Å². The number of esters is 1. The van der Waals surface area contributed by atoms with E-state index in [-0.39, 0.29) is 18.2 Å². The highest BCUT2D eigenvalue weighted by atomic mass is 35.5. The van der Waals surface area contributed by atoms with Crippen molar-refractivity contribution >= 4 is 45.9 Å². The van der Waals surface area contributed by atoms with Crippen LogP contribution in [0, 0.1) is 6.92 Å². The molecule has 8 heteroatoms. The summed E-state index contributed by atoms with van der Waals surface area (Å²) in [6.45, 7) is 10.1. The number of halogens is 1. The van der Waals surface area contributed by atoms with E-state index >= 15 is 0 Å². The van der Waals surface area contributed by atoms with Gasteiger partial charge in [0.2, 0.25) is 0 Å². The molecule has 0 saturated heterocycles. The van der Waals surface area contributed by atoms with Crippen molar-refractivity contribution < 1.29 is 9.53 Å². The van der Waals surface area contributed by atoms with Gasteiger partial charge in [0.15, 0.2) is 4.80 Å². The van der Waals surface area contributed by atoms with E-state index in [0.29, 0.717) is 31.2 Å². The standard InChI is InChI=1S/C29H28ClN3O3S/c1-6-36-28(35)25-17(4)31-29-33(26(25)20-12-7-9-13-22(20)30)27(34)24(37-29)15-21-18(5)32(16(2)3)23-14-10-8-11-19(21)23/h7-16,26H,6H2,1-5H3/b24-15-/t26-/m0/s1. The quantitative estimate of drug-likeness (QED) is 0.327. The van der Waals surface area contributed by atoms with E-state index in [4.69, 9.17) is 16.3 Å². The highest BCUT2D eigenvalue weighted by Gasteiger charge is 2.34. The Morgan fingerprint density at radius 2 is 1.86 bits per heavy atom. The first-order chi connectivity index (χ1) is 17.7. The molecule has 1 aliphatic rings. The molecule has 0 saturated carbocycles. The Bertz CT molecular complexity index is 1760. The Morgan fingerprint density at radius 3 is 2.57 bits per heavy atom. The summed E-state index contributed by atoms with van der Waals surface area (Å²) in [5, 5.41) is 1.56. The molecule has 0 radical (unpaired) electrons. The zero-order valence-electron chi connectivity index (χ0n) is 21.4. The lowest BCUT2D eigenvalue weighted by Crippen LogP contribution is -2.40. The number of fused-ring (bicyclic) bond motifs is 2. The Balaban J connectivity index is 1.80. The molecule has 190 valence electrons. The zero-order chi connectivity index (χ0) is 26.4. The topological polar surface area (TPSA) is 65.6 Å². The molecule has 0 unspecified atom stereocenters. The van der Waals surface area contributed by atoms with Gasteiger partial charge in [-0.2, -0.15) is 0 Å². The minimum atomic E-state index is -0.732. The Morgan fingerprint density at radius 1 is 1.16 bits per heavy atom.